The standard InChI is InChI=1S/C25H25BrFN3O4S/c1-18(25(32)28-2)29(16-19-8-10-20(26)11-9-19)24(31)17-30(22-14-12-21(27)13-15-22)35(33,34)23-6-4-3-5-7-23/h3-15,18H,16-17H2,1-2H3,(H,28,32)/t18-/m0/s1. The number of carbonyl (C=O) groups excluding carboxylic acids is 2. The molecule has 3 rings (SSSR count). The molecule has 0 saturated carbocycles. The van der Waals surface area contributed by atoms with E-state index < -0.39 is 40.2 Å². The van der Waals surface area contributed by atoms with Gasteiger partial charge in [0.05, 0.1) is 10.6 Å². The Morgan fingerprint density at radius 3 is 2.14 bits per heavy atom. The zero-order valence-electron chi connectivity index (χ0n) is 19.2. The Balaban J connectivity index is 2.00. The van der Waals surface area contributed by atoms with Gasteiger partial charge in [-0.15, -0.1) is 0 Å². The van der Waals surface area contributed by atoms with Gasteiger partial charge in [0.25, 0.3) is 10.0 Å². The average molecular weight is 562 g/mol. The maximum absolute atomic E-state index is 13.6. The van der Waals surface area contributed by atoms with Crippen LogP contribution >= 0.6 is 15.9 Å². The van der Waals surface area contributed by atoms with Crippen molar-refractivity contribution in [1.82, 2.24) is 10.2 Å². The van der Waals surface area contributed by atoms with Crippen LogP contribution in [0, 0.1) is 5.82 Å². The van der Waals surface area contributed by atoms with E-state index in [9.17, 15) is 22.4 Å². The third kappa shape index (κ3) is 6.46. The molecule has 0 fully saturated rings. The highest BCUT2D eigenvalue weighted by atomic mass is 79.9. The van der Waals surface area contributed by atoms with Crippen LogP contribution in [0.1, 0.15) is 12.5 Å². The number of nitrogens with zero attached hydrogens (tertiary/aromatic N) is 2. The van der Waals surface area contributed by atoms with Gasteiger partial charge in [-0.1, -0.05) is 46.3 Å². The first-order valence-corrected chi connectivity index (χ1v) is 13.0. The van der Waals surface area contributed by atoms with Crippen molar-refractivity contribution in [2.24, 2.45) is 0 Å². The molecule has 7 nitrogen and oxygen atoms in total. The molecule has 10 heteroatoms. The number of carbonyl (C=O) groups is 2. The number of anilines is 1. The molecule has 0 aliphatic heterocycles. The zero-order valence-corrected chi connectivity index (χ0v) is 21.6. The van der Waals surface area contributed by atoms with Crippen LogP contribution in [0.3, 0.4) is 0 Å². The molecule has 0 bridgehead atoms. The van der Waals surface area contributed by atoms with Gasteiger partial charge < -0.3 is 10.2 Å². The lowest BCUT2D eigenvalue weighted by Gasteiger charge is -2.31. The highest BCUT2D eigenvalue weighted by Gasteiger charge is 2.32. The van der Waals surface area contributed by atoms with Crippen molar-refractivity contribution in [3.63, 3.8) is 0 Å². The van der Waals surface area contributed by atoms with Crippen molar-refractivity contribution in [2.45, 2.75) is 24.4 Å². The molecule has 0 aliphatic carbocycles. The fraction of sp³-hybridized carbons (Fsp3) is 0.200. The lowest BCUT2D eigenvalue weighted by Crippen LogP contribution is -2.50. The monoisotopic (exact) mass is 561 g/mol. The molecule has 0 aliphatic rings. The van der Waals surface area contributed by atoms with Crippen LogP contribution in [-0.4, -0.2) is 44.8 Å². The summed E-state index contributed by atoms with van der Waals surface area (Å²) >= 11 is 3.37. The minimum Gasteiger partial charge on any atom is -0.357 e. The maximum Gasteiger partial charge on any atom is 0.264 e. The fourth-order valence-corrected chi connectivity index (χ4v) is 5.13. The molecule has 0 radical (unpaired) electrons. The van der Waals surface area contributed by atoms with Gasteiger partial charge in [-0.25, -0.2) is 12.8 Å². The summed E-state index contributed by atoms with van der Waals surface area (Å²) in [6.07, 6.45) is 0. The van der Waals surface area contributed by atoms with E-state index in [0.29, 0.717) is 0 Å². The Labute approximate surface area is 212 Å². The number of amides is 2. The van der Waals surface area contributed by atoms with Gasteiger partial charge in [0.1, 0.15) is 18.4 Å². The second-order valence-electron chi connectivity index (χ2n) is 7.74. The molecule has 3 aromatic carbocycles. The molecule has 0 heterocycles. The third-order valence-electron chi connectivity index (χ3n) is 5.40. The molecule has 0 spiro atoms. The minimum absolute atomic E-state index is 0.0177. The van der Waals surface area contributed by atoms with E-state index >= 15 is 0 Å². The number of halogens is 2. The average Bonchev–Trinajstić information content (AvgIpc) is 2.87. The number of likely N-dealkylation sites (N-methyl/N-ethyl adjacent to an activating group) is 1. The summed E-state index contributed by atoms with van der Waals surface area (Å²) in [6.45, 7) is 1.08. The predicted octanol–water partition coefficient (Wildman–Crippen LogP) is 3.95. The van der Waals surface area contributed by atoms with Crippen molar-refractivity contribution in [1.29, 1.82) is 0 Å². The Bertz CT molecular complexity index is 1270. The van der Waals surface area contributed by atoms with Crippen molar-refractivity contribution >= 4 is 43.5 Å². The molecule has 0 unspecified atom stereocenters. The van der Waals surface area contributed by atoms with Crippen LogP contribution < -0.4 is 9.62 Å². The molecule has 1 N–H and O–H groups in total. The number of nitrogens with one attached hydrogen (secondary N) is 1. The Kier molecular flexibility index (Phi) is 8.63. The number of rotatable bonds is 9. The highest BCUT2D eigenvalue weighted by molar-refractivity contribution is 9.10. The zero-order chi connectivity index (χ0) is 25.6. The summed E-state index contributed by atoms with van der Waals surface area (Å²) in [6, 6.07) is 18.9. The van der Waals surface area contributed by atoms with Gasteiger partial charge >= 0.3 is 0 Å². The van der Waals surface area contributed by atoms with Crippen LogP contribution in [0.2, 0.25) is 0 Å². The largest absolute Gasteiger partial charge is 0.357 e. The van der Waals surface area contributed by atoms with E-state index in [1.807, 2.05) is 12.1 Å². The second-order valence-corrected chi connectivity index (χ2v) is 10.5. The normalized spacial score (nSPS) is 12.0. The first-order valence-electron chi connectivity index (χ1n) is 10.7. The van der Waals surface area contributed by atoms with Gasteiger partial charge in [-0.3, -0.25) is 13.9 Å². The maximum atomic E-state index is 13.6. The van der Waals surface area contributed by atoms with E-state index in [0.717, 1.165) is 26.5 Å². The van der Waals surface area contributed by atoms with E-state index in [2.05, 4.69) is 21.2 Å². The van der Waals surface area contributed by atoms with E-state index in [1.165, 1.54) is 36.2 Å². The lowest BCUT2D eigenvalue weighted by atomic mass is 10.1. The molecule has 2 amide bonds. The quantitative estimate of drug-likeness (QED) is 0.428. The minimum atomic E-state index is -4.17. The van der Waals surface area contributed by atoms with Crippen molar-refractivity contribution in [3.05, 3.63) is 94.7 Å². The lowest BCUT2D eigenvalue weighted by molar-refractivity contribution is -0.139. The summed E-state index contributed by atoms with van der Waals surface area (Å²) in [5, 5.41) is 2.53. The van der Waals surface area contributed by atoms with Gasteiger partial charge in [0, 0.05) is 18.1 Å². The van der Waals surface area contributed by atoms with Gasteiger partial charge in [0.15, 0.2) is 0 Å². The molecular formula is C25H25BrFN3O4S. The van der Waals surface area contributed by atoms with Crippen LogP contribution in [0.15, 0.2) is 88.2 Å². The van der Waals surface area contributed by atoms with Crippen molar-refractivity contribution in [2.75, 3.05) is 17.9 Å². The highest BCUT2D eigenvalue weighted by Crippen LogP contribution is 2.25. The smallest absolute Gasteiger partial charge is 0.264 e. The topological polar surface area (TPSA) is 86.8 Å². The molecule has 184 valence electrons. The molecule has 1 atom stereocenters. The summed E-state index contributed by atoms with van der Waals surface area (Å²) in [5.41, 5.74) is 0.886. The number of benzene rings is 3. The first-order chi connectivity index (χ1) is 16.6. The van der Waals surface area contributed by atoms with Crippen molar-refractivity contribution in [3.8, 4) is 0 Å². The molecule has 0 saturated heterocycles. The van der Waals surface area contributed by atoms with Gasteiger partial charge in [-0.2, -0.15) is 0 Å². The Hall–Kier alpha value is -3.24. The SMILES string of the molecule is CNC(=O)[C@H](C)N(Cc1ccc(Br)cc1)C(=O)CN(c1ccc(F)cc1)S(=O)(=O)c1ccccc1. The summed E-state index contributed by atoms with van der Waals surface area (Å²) in [5.74, 6) is -1.52. The third-order valence-corrected chi connectivity index (χ3v) is 7.72. The van der Waals surface area contributed by atoms with E-state index in [-0.39, 0.29) is 17.1 Å². The first kappa shape index (κ1) is 26.4. The number of hydrogen-bond acceptors (Lipinski definition) is 4. The molecule has 3 aromatic rings. The molecule has 35 heavy (non-hydrogen) atoms. The Morgan fingerprint density at radius 2 is 1.57 bits per heavy atom. The summed E-state index contributed by atoms with van der Waals surface area (Å²) < 4.78 is 42.4. The van der Waals surface area contributed by atoms with Crippen LogP contribution in [-0.2, 0) is 26.2 Å². The number of hydrogen-bond donors (Lipinski definition) is 1. The molecule has 0 aromatic heterocycles. The second kappa shape index (κ2) is 11.5. The van der Waals surface area contributed by atoms with Crippen LogP contribution in [0.25, 0.3) is 0 Å². The van der Waals surface area contributed by atoms with Crippen molar-refractivity contribution < 1.29 is 22.4 Å². The Morgan fingerprint density at radius 1 is 0.971 bits per heavy atom. The predicted molar refractivity (Wildman–Crippen MR) is 136 cm³/mol. The van der Waals surface area contributed by atoms with Gasteiger partial charge in [-0.05, 0) is 61.0 Å². The number of sulfonamides is 1. The van der Waals surface area contributed by atoms with E-state index in [4.69, 9.17) is 0 Å². The van der Waals surface area contributed by atoms with Crippen LogP contribution in [0.5, 0.6) is 0 Å². The molecular weight excluding hydrogens is 537 g/mol. The van der Waals surface area contributed by atoms with Gasteiger partial charge in [0.2, 0.25) is 11.8 Å². The summed E-state index contributed by atoms with van der Waals surface area (Å²) in [7, 11) is -2.70. The fourth-order valence-electron chi connectivity index (χ4n) is 3.43. The summed E-state index contributed by atoms with van der Waals surface area (Å²) in [4.78, 5) is 27.3. The van der Waals surface area contributed by atoms with Crippen LogP contribution in [0.4, 0.5) is 10.1 Å². The van der Waals surface area contributed by atoms with E-state index in [1.54, 1.807) is 37.3 Å².